The number of amides is 4. The summed E-state index contributed by atoms with van der Waals surface area (Å²) in [5.74, 6) is -1.13. The third-order valence-corrected chi connectivity index (χ3v) is 6.47. The van der Waals surface area contributed by atoms with E-state index in [0.717, 1.165) is 5.56 Å². The first-order chi connectivity index (χ1) is 16.3. The van der Waals surface area contributed by atoms with Crippen LogP contribution in [0.25, 0.3) is 0 Å². The van der Waals surface area contributed by atoms with Crippen LogP contribution in [0.3, 0.4) is 0 Å². The van der Waals surface area contributed by atoms with Crippen molar-refractivity contribution in [2.45, 2.75) is 45.3 Å². The molecule has 3 atom stereocenters. The van der Waals surface area contributed by atoms with Crippen LogP contribution in [0.4, 0.5) is 14.9 Å². The summed E-state index contributed by atoms with van der Waals surface area (Å²) in [6.07, 6.45) is 0.521. The van der Waals surface area contributed by atoms with Gasteiger partial charge < -0.3 is 10.2 Å². The molecule has 0 saturated carbocycles. The lowest BCUT2D eigenvalue weighted by Crippen LogP contribution is -2.67. The third kappa shape index (κ3) is 4.67. The molecule has 2 fully saturated rings. The summed E-state index contributed by atoms with van der Waals surface area (Å²) in [5, 5.41) is 4.50. The van der Waals surface area contributed by atoms with Crippen molar-refractivity contribution in [2.75, 3.05) is 25.0 Å². The molecule has 0 aliphatic carbocycles. The van der Waals surface area contributed by atoms with E-state index in [4.69, 9.17) is 0 Å². The number of carbonyl (C=O) groups excluding carboxylic acids is 3. The van der Waals surface area contributed by atoms with Crippen LogP contribution < -0.4 is 10.7 Å². The number of benzene rings is 2. The van der Waals surface area contributed by atoms with Crippen molar-refractivity contribution in [3.63, 3.8) is 0 Å². The van der Waals surface area contributed by atoms with E-state index in [0.29, 0.717) is 24.2 Å². The fraction of sp³-hybridized carbons (Fsp3) is 0.400. The molecule has 2 aromatic rings. The van der Waals surface area contributed by atoms with Crippen LogP contribution >= 0.6 is 0 Å². The van der Waals surface area contributed by atoms with Crippen molar-refractivity contribution in [3.8, 4) is 0 Å². The minimum Gasteiger partial charge on any atom is -0.324 e. The summed E-state index contributed by atoms with van der Waals surface area (Å²) in [6.45, 7) is 6.02. The standard InChI is InChI=1S/C25H30FN5O3/c1-4-31-23-22(17(3)28-31)30(15-21(32)27-19-11-10-16(2)20(26)14-19)25(34)29(24(23)33)13-12-18-8-6-5-7-9-18/h5-11,14,17,22-23,28H,4,12-13,15H2,1-3H3,(H,27,32). The lowest BCUT2D eigenvalue weighted by Gasteiger charge is -2.43. The molecule has 2 aliphatic heterocycles. The minimum absolute atomic E-state index is 0.209. The number of anilines is 1. The second-order valence-electron chi connectivity index (χ2n) is 8.79. The number of rotatable bonds is 7. The van der Waals surface area contributed by atoms with Gasteiger partial charge in [0, 0.05) is 24.8 Å². The van der Waals surface area contributed by atoms with Gasteiger partial charge in [-0.2, -0.15) is 0 Å². The predicted molar refractivity (Wildman–Crippen MR) is 126 cm³/mol. The van der Waals surface area contributed by atoms with Crippen molar-refractivity contribution >= 4 is 23.5 Å². The molecular weight excluding hydrogens is 437 g/mol. The number of aryl methyl sites for hydroxylation is 1. The Bertz CT molecular complexity index is 1080. The fourth-order valence-electron chi connectivity index (χ4n) is 4.71. The summed E-state index contributed by atoms with van der Waals surface area (Å²) in [4.78, 5) is 42.5. The molecule has 0 radical (unpaired) electrons. The van der Waals surface area contributed by atoms with E-state index in [9.17, 15) is 18.8 Å². The van der Waals surface area contributed by atoms with Gasteiger partial charge in [-0.3, -0.25) is 14.5 Å². The van der Waals surface area contributed by atoms with E-state index in [1.807, 2.05) is 49.2 Å². The average molecular weight is 468 g/mol. The van der Waals surface area contributed by atoms with Crippen LogP contribution in [0, 0.1) is 12.7 Å². The van der Waals surface area contributed by atoms with Gasteiger partial charge in [-0.25, -0.2) is 19.6 Å². The van der Waals surface area contributed by atoms with E-state index in [1.54, 1.807) is 19.1 Å². The molecule has 0 spiro atoms. The molecule has 4 amide bonds. The highest BCUT2D eigenvalue weighted by molar-refractivity contribution is 6.03. The minimum atomic E-state index is -0.585. The molecule has 2 aliphatic rings. The second-order valence-corrected chi connectivity index (χ2v) is 8.79. The number of halogens is 1. The Labute approximate surface area is 198 Å². The zero-order valence-electron chi connectivity index (χ0n) is 19.6. The van der Waals surface area contributed by atoms with Gasteiger partial charge in [-0.05, 0) is 43.5 Å². The maximum atomic E-state index is 13.9. The molecule has 0 aromatic heterocycles. The summed E-state index contributed by atoms with van der Waals surface area (Å²) in [6, 6.07) is 12.3. The van der Waals surface area contributed by atoms with Gasteiger partial charge in [-0.15, -0.1) is 0 Å². The highest BCUT2D eigenvalue weighted by atomic mass is 19.1. The first kappa shape index (κ1) is 23.8. The van der Waals surface area contributed by atoms with Gasteiger partial charge in [0.05, 0.1) is 6.04 Å². The lowest BCUT2D eigenvalue weighted by atomic mass is 9.97. The average Bonchev–Trinajstić information content (AvgIpc) is 3.16. The number of likely N-dealkylation sites (N-methyl/N-ethyl adjacent to an activating group) is 1. The van der Waals surface area contributed by atoms with Crippen LogP contribution in [0.2, 0.25) is 0 Å². The van der Waals surface area contributed by atoms with Crippen molar-refractivity contribution in [1.82, 2.24) is 20.2 Å². The van der Waals surface area contributed by atoms with E-state index in [2.05, 4.69) is 10.7 Å². The SMILES string of the molecule is CCN1NC(C)C2C1C(=O)N(CCc1ccccc1)C(=O)N2CC(=O)Nc1ccc(C)c(F)c1. The summed E-state index contributed by atoms with van der Waals surface area (Å²) >= 11 is 0. The van der Waals surface area contributed by atoms with E-state index < -0.39 is 29.8 Å². The molecule has 2 N–H and O–H groups in total. The maximum Gasteiger partial charge on any atom is 0.327 e. The van der Waals surface area contributed by atoms with Gasteiger partial charge in [0.2, 0.25) is 5.91 Å². The molecule has 8 nitrogen and oxygen atoms in total. The van der Waals surface area contributed by atoms with Gasteiger partial charge in [0.25, 0.3) is 5.91 Å². The Balaban J connectivity index is 1.55. The quantitative estimate of drug-likeness (QED) is 0.654. The Morgan fingerprint density at radius 2 is 1.88 bits per heavy atom. The number of imide groups is 1. The molecule has 2 aromatic carbocycles. The van der Waals surface area contributed by atoms with Gasteiger partial charge in [0.1, 0.15) is 18.4 Å². The molecule has 34 heavy (non-hydrogen) atoms. The highest BCUT2D eigenvalue weighted by Crippen LogP contribution is 2.29. The highest BCUT2D eigenvalue weighted by Gasteiger charge is 2.54. The third-order valence-electron chi connectivity index (χ3n) is 6.47. The van der Waals surface area contributed by atoms with E-state index >= 15 is 0 Å². The number of fused-ring (bicyclic) bond motifs is 1. The Hall–Kier alpha value is -3.30. The van der Waals surface area contributed by atoms with Crippen LogP contribution in [0.15, 0.2) is 48.5 Å². The number of nitrogens with zero attached hydrogens (tertiary/aromatic N) is 3. The molecule has 4 rings (SSSR count). The first-order valence-electron chi connectivity index (χ1n) is 11.5. The van der Waals surface area contributed by atoms with Crippen LogP contribution in [0.5, 0.6) is 0 Å². The molecule has 9 heteroatoms. The Morgan fingerprint density at radius 3 is 2.56 bits per heavy atom. The monoisotopic (exact) mass is 467 g/mol. The maximum absolute atomic E-state index is 13.9. The molecule has 3 unspecified atom stereocenters. The molecule has 2 heterocycles. The largest absolute Gasteiger partial charge is 0.327 e. The molecule has 2 saturated heterocycles. The smallest absolute Gasteiger partial charge is 0.324 e. The van der Waals surface area contributed by atoms with Crippen LogP contribution in [-0.2, 0) is 16.0 Å². The van der Waals surface area contributed by atoms with Crippen LogP contribution in [0.1, 0.15) is 25.0 Å². The number of nitrogens with one attached hydrogen (secondary N) is 2. The Morgan fingerprint density at radius 1 is 1.15 bits per heavy atom. The zero-order valence-corrected chi connectivity index (χ0v) is 19.6. The van der Waals surface area contributed by atoms with Crippen LogP contribution in [-0.4, -0.2) is 70.4 Å². The predicted octanol–water partition coefficient (Wildman–Crippen LogP) is 2.55. The van der Waals surface area contributed by atoms with Crippen molar-refractivity contribution in [3.05, 3.63) is 65.5 Å². The van der Waals surface area contributed by atoms with E-state index in [1.165, 1.54) is 15.9 Å². The zero-order chi connectivity index (χ0) is 24.4. The van der Waals surface area contributed by atoms with Crippen molar-refractivity contribution in [2.24, 2.45) is 0 Å². The second kappa shape index (κ2) is 9.90. The molecule has 0 bridgehead atoms. The fourth-order valence-corrected chi connectivity index (χ4v) is 4.71. The van der Waals surface area contributed by atoms with Crippen molar-refractivity contribution < 1.29 is 18.8 Å². The normalized spacial score (nSPS) is 22.8. The lowest BCUT2D eigenvalue weighted by molar-refractivity contribution is -0.139. The number of hydrazine groups is 1. The molecular formula is C25H30FN5O3. The summed E-state index contributed by atoms with van der Waals surface area (Å²) < 4.78 is 13.9. The van der Waals surface area contributed by atoms with Gasteiger partial charge in [-0.1, -0.05) is 43.3 Å². The van der Waals surface area contributed by atoms with Crippen molar-refractivity contribution in [1.29, 1.82) is 0 Å². The number of urea groups is 1. The summed E-state index contributed by atoms with van der Waals surface area (Å²) in [5.41, 5.74) is 5.08. The molecule has 180 valence electrons. The number of hydrogen-bond donors (Lipinski definition) is 2. The topological polar surface area (TPSA) is 85.0 Å². The Kier molecular flexibility index (Phi) is 6.95. The van der Waals surface area contributed by atoms with E-state index in [-0.39, 0.29) is 25.0 Å². The summed E-state index contributed by atoms with van der Waals surface area (Å²) in [7, 11) is 0. The van der Waals surface area contributed by atoms with Gasteiger partial charge in [0.15, 0.2) is 0 Å². The number of carbonyl (C=O) groups is 3. The number of hydrogen-bond acceptors (Lipinski definition) is 5. The first-order valence-corrected chi connectivity index (χ1v) is 11.5. The van der Waals surface area contributed by atoms with Gasteiger partial charge >= 0.3 is 6.03 Å².